The van der Waals surface area contributed by atoms with Gasteiger partial charge in [0, 0.05) is 12.1 Å². The van der Waals surface area contributed by atoms with Gasteiger partial charge in [-0.15, -0.1) is 0 Å². The normalized spacial score (nSPS) is 19.3. The highest BCUT2D eigenvalue weighted by Gasteiger charge is 2.39. The number of carboxylic acid groups (broad SMARTS) is 1. The molecule has 4 heteroatoms. The van der Waals surface area contributed by atoms with Crippen molar-refractivity contribution in [2.24, 2.45) is 11.8 Å². The summed E-state index contributed by atoms with van der Waals surface area (Å²) in [7, 11) is 0. The number of amides is 1. The molecule has 1 rings (SSSR count). The summed E-state index contributed by atoms with van der Waals surface area (Å²) >= 11 is 0. The van der Waals surface area contributed by atoms with E-state index < -0.39 is 11.9 Å². The second kappa shape index (κ2) is 4.85. The van der Waals surface area contributed by atoms with Gasteiger partial charge in [0.25, 0.3) is 0 Å². The average Bonchev–Trinajstić information content (AvgIpc) is 3.00. The second-order valence-corrected chi connectivity index (χ2v) is 5.02. The van der Waals surface area contributed by atoms with Crippen LogP contribution >= 0.6 is 0 Å². The molecule has 0 aliphatic heterocycles. The molecule has 2 unspecified atom stereocenters. The summed E-state index contributed by atoms with van der Waals surface area (Å²) in [6.07, 6.45) is 2.02. The minimum absolute atomic E-state index is 0.113. The smallest absolute Gasteiger partial charge is 0.315 e. The van der Waals surface area contributed by atoms with E-state index >= 15 is 0 Å². The zero-order valence-electron chi connectivity index (χ0n) is 10.4. The predicted molar refractivity (Wildman–Crippen MR) is 61.0 cm³/mol. The topological polar surface area (TPSA) is 57.6 Å². The highest BCUT2D eigenvalue weighted by atomic mass is 16.4. The Morgan fingerprint density at radius 2 is 1.69 bits per heavy atom. The fourth-order valence-corrected chi connectivity index (χ4v) is 1.72. The Bertz CT molecular complexity index is 284. The zero-order valence-corrected chi connectivity index (χ0v) is 10.4. The standard InChI is InChI=1S/C12H21NO3/c1-7(2)9(4)13(10-5-6-10)11(14)8(3)12(15)16/h7-10H,5-6H2,1-4H3,(H,15,16). The first kappa shape index (κ1) is 13.0. The Morgan fingerprint density at radius 3 is 2.00 bits per heavy atom. The molecule has 4 nitrogen and oxygen atoms in total. The molecule has 0 radical (unpaired) electrons. The van der Waals surface area contributed by atoms with E-state index in [1.165, 1.54) is 6.92 Å². The fourth-order valence-electron chi connectivity index (χ4n) is 1.72. The highest BCUT2D eigenvalue weighted by molar-refractivity contribution is 5.96. The molecule has 0 bridgehead atoms. The van der Waals surface area contributed by atoms with Crippen molar-refractivity contribution >= 4 is 11.9 Å². The molecule has 92 valence electrons. The van der Waals surface area contributed by atoms with Crippen LogP contribution < -0.4 is 0 Å². The zero-order chi connectivity index (χ0) is 12.5. The van der Waals surface area contributed by atoms with Crippen molar-refractivity contribution in [3.05, 3.63) is 0 Å². The molecule has 1 aliphatic rings. The lowest BCUT2D eigenvalue weighted by molar-refractivity contribution is -0.152. The van der Waals surface area contributed by atoms with Gasteiger partial charge in [0.1, 0.15) is 5.92 Å². The molecule has 0 saturated heterocycles. The minimum atomic E-state index is -1.04. The largest absolute Gasteiger partial charge is 0.481 e. The van der Waals surface area contributed by atoms with Crippen molar-refractivity contribution in [2.75, 3.05) is 0 Å². The van der Waals surface area contributed by atoms with E-state index in [0.717, 1.165) is 12.8 Å². The van der Waals surface area contributed by atoms with Crippen LogP contribution in [0.25, 0.3) is 0 Å². The molecular formula is C12H21NO3. The van der Waals surface area contributed by atoms with E-state index in [0.29, 0.717) is 5.92 Å². The number of hydrogen-bond acceptors (Lipinski definition) is 2. The van der Waals surface area contributed by atoms with Crippen LogP contribution in [0, 0.1) is 11.8 Å². The molecule has 0 aromatic carbocycles. The van der Waals surface area contributed by atoms with E-state index in [1.54, 1.807) is 4.90 Å². The van der Waals surface area contributed by atoms with E-state index in [-0.39, 0.29) is 18.0 Å². The first-order valence-electron chi connectivity index (χ1n) is 5.91. The number of aliphatic carboxylic acids is 1. The summed E-state index contributed by atoms with van der Waals surface area (Å²) in [6.45, 7) is 7.57. The van der Waals surface area contributed by atoms with Gasteiger partial charge in [-0.2, -0.15) is 0 Å². The third kappa shape index (κ3) is 2.74. The monoisotopic (exact) mass is 227 g/mol. The molecule has 16 heavy (non-hydrogen) atoms. The van der Waals surface area contributed by atoms with Gasteiger partial charge in [0.05, 0.1) is 0 Å². The summed E-state index contributed by atoms with van der Waals surface area (Å²) in [6, 6.07) is 0.383. The summed E-state index contributed by atoms with van der Waals surface area (Å²) < 4.78 is 0. The summed E-state index contributed by atoms with van der Waals surface area (Å²) in [4.78, 5) is 24.7. The van der Waals surface area contributed by atoms with Crippen molar-refractivity contribution in [1.29, 1.82) is 0 Å². The van der Waals surface area contributed by atoms with Crippen molar-refractivity contribution < 1.29 is 14.7 Å². The maximum Gasteiger partial charge on any atom is 0.315 e. The first-order valence-corrected chi connectivity index (χ1v) is 5.91. The van der Waals surface area contributed by atoms with Crippen LogP contribution in [0.15, 0.2) is 0 Å². The van der Waals surface area contributed by atoms with E-state index in [2.05, 4.69) is 13.8 Å². The molecule has 1 fully saturated rings. The van der Waals surface area contributed by atoms with Crippen LogP contribution in [0.1, 0.15) is 40.5 Å². The minimum Gasteiger partial charge on any atom is -0.481 e. The highest BCUT2D eigenvalue weighted by Crippen LogP contribution is 2.31. The number of hydrogen-bond donors (Lipinski definition) is 1. The van der Waals surface area contributed by atoms with E-state index in [1.807, 2.05) is 6.92 Å². The third-order valence-corrected chi connectivity index (χ3v) is 3.34. The van der Waals surface area contributed by atoms with Crippen molar-refractivity contribution in [2.45, 2.75) is 52.6 Å². The van der Waals surface area contributed by atoms with Crippen molar-refractivity contribution in [3.8, 4) is 0 Å². The maximum atomic E-state index is 12.1. The Morgan fingerprint density at radius 1 is 1.19 bits per heavy atom. The average molecular weight is 227 g/mol. The van der Waals surface area contributed by atoms with Gasteiger partial charge < -0.3 is 10.0 Å². The molecule has 0 spiro atoms. The van der Waals surface area contributed by atoms with Crippen LogP contribution in [0.2, 0.25) is 0 Å². The molecule has 0 aromatic heterocycles. The summed E-state index contributed by atoms with van der Waals surface area (Å²) in [5, 5.41) is 8.88. The Kier molecular flexibility index (Phi) is 3.94. The van der Waals surface area contributed by atoms with Crippen LogP contribution in [0.3, 0.4) is 0 Å². The van der Waals surface area contributed by atoms with Crippen molar-refractivity contribution in [1.82, 2.24) is 4.90 Å². The van der Waals surface area contributed by atoms with E-state index in [4.69, 9.17) is 5.11 Å². The molecular weight excluding hydrogens is 206 g/mol. The van der Waals surface area contributed by atoms with Gasteiger partial charge in [-0.3, -0.25) is 9.59 Å². The fraction of sp³-hybridized carbons (Fsp3) is 0.833. The Labute approximate surface area is 96.6 Å². The molecule has 1 amide bonds. The van der Waals surface area contributed by atoms with Crippen LogP contribution in [-0.2, 0) is 9.59 Å². The van der Waals surface area contributed by atoms with Gasteiger partial charge in [-0.05, 0) is 32.6 Å². The summed E-state index contributed by atoms with van der Waals surface area (Å²) in [5.41, 5.74) is 0. The molecule has 0 aromatic rings. The van der Waals surface area contributed by atoms with Crippen LogP contribution in [-0.4, -0.2) is 34.0 Å². The van der Waals surface area contributed by atoms with Gasteiger partial charge >= 0.3 is 5.97 Å². The number of rotatable bonds is 5. The van der Waals surface area contributed by atoms with Gasteiger partial charge in [-0.1, -0.05) is 13.8 Å². The molecule has 1 aliphatic carbocycles. The van der Waals surface area contributed by atoms with Gasteiger partial charge in [-0.25, -0.2) is 0 Å². The lowest BCUT2D eigenvalue weighted by Gasteiger charge is -2.33. The maximum absolute atomic E-state index is 12.1. The lowest BCUT2D eigenvalue weighted by Crippen LogP contribution is -2.47. The predicted octanol–water partition coefficient (Wildman–Crippen LogP) is 1.74. The van der Waals surface area contributed by atoms with Crippen LogP contribution in [0.4, 0.5) is 0 Å². The number of carbonyl (C=O) groups is 2. The quantitative estimate of drug-likeness (QED) is 0.728. The first-order chi connectivity index (χ1) is 7.36. The third-order valence-electron chi connectivity index (χ3n) is 3.34. The molecule has 1 N–H and O–H groups in total. The Balaban J connectivity index is 2.77. The number of carbonyl (C=O) groups excluding carboxylic acids is 1. The van der Waals surface area contributed by atoms with Crippen molar-refractivity contribution in [3.63, 3.8) is 0 Å². The summed E-state index contributed by atoms with van der Waals surface area (Å²) in [5.74, 6) is -1.85. The number of carboxylic acids is 1. The molecule has 1 saturated carbocycles. The van der Waals surface area contributed by atoms with Gasteiger partial charge in [0.15, 0.2) is 0 Å². The second-order valence-electron chi connectivity index (χ2n) is 5.02. The number of nitrogens with zero attached hydrogens (tertiary/aromatic N) is 1. The SMILES string of the molecule is CC(C(=O)O)C(=O)N(C1CC1)C(C)C(C)C. The van der Waals surface area contributed by atoms with Gasteiger partial charge in [0.2, 0.25) is 5.91 Å². The Hall–Kier alpha value is -1.06. The lowest BCUT2D eigenvalue weighted by atomic mass is 10.0. The van der Waals surface area contributed by atoms with E-state index in [9.17, 15) is 9.59 Å². The molecule has 0 heterocycles. The van der Waals surface area contributed by atoms with Crippen LogP contribution in [0.5, 0.6) is 0 Å². The molecule has 2 atom stereocenters.